The Kier molecular flexibility index (Phi) is 4.02. The van der Waals surface area contributed by atoms with Gasteiger partial charge in [-0.05, 0) is 19.1 Å². The molecular formula is C14H13F2N3O2. The molecule has 0 radical (unpaired) electrons. The highest BCUT2D eigenvalue weighted by atomic mass is 19.2. The molecule has 7 heteroatoms. The lowest BCUT2D eigenvalue weighted by Gasteiger charge is -2.09. The number of aryl methyl sites for hydroxylation is 1. The molecule has 0 aliphatic carbocycles. The SMILES string of the molecule is CCn1cc(NC(=O)c2cc(F)c(F)cc2N)ccc1=O. The first-order valence-electron chi connectivity index (χ1n) is 6.18. The van der Waals surface area contributed by atoms with E-state index < -0.39 is 17.5 Å². The summed E-state index contributed by atoms with van der Waals surface area (Å²) < 4.78 is 27.5. The van der Waals surface area contributed by atoms with Crippen molar-refractivity contribution >= 4 is 17.3 Å². The van der Waals surface area contributed by atoms with Crippen LogP contribution >= 0.6 is 0 Å². The molecule has 110 valence electrons. The van der Waals surface area contributed by atoms with Gasteiger partial charge in [-0.1, -0.05) is 0 Å². The van der Waals surface area contributed by atoms with Crippen LogP contribution in [-0.2, 0) is 6.54 Å². The molecule has 0 spiro atoms. The summed E-state index contributed by atoms with van der Waals surface area (Å²) in [6, 6.07) is 4.20. The van der Waals surface area contributed by atoms with Gasteiger partial charge in [-0.15, -0.1) is 0 Å². The molecule has 0 fully saturated rings. The lowest BCUT2D eigenvalue weighted by molar-refractivity contribution is 0.102. The minimum Gasteiger partial charge on any atom is -0.398 e. The van der Waals surface area contributed by atoms with Crippen molar-refractivity contribution in [2.45, 2.75) is 13.5 Å². The zero-order valence-corrected chi connectivity index (χ0v) is 11.2. The summed E-state index contributed by atoms with van der Waals surface area (Å²) in [5, 5.41) is 2.48. The molecule has 1 aromatic carbocycles. The fourth-order valence-electron chi connectivity index (χ4n) is 1.81. The Hall–Kier alpha value is -2.70. The predicted octanol–water partition coefficient (Wildman–Crippen LogP) is 1.98. The number of nitrogens with one attached hydrogen (secondary N) is 1. The van der Waals surface area contributed by atoms with E-state index in [4.69, 9.17) is 5.73 Å². The average Bonchev–Trinajstić information content (AvgIpc) is 2.44. The number of carbonyl (C=O) groups excluding carboxylic acids is 1. The first-order chi connectivity index (χ1) is 9.92. The van der Waals surface area contributed by atoms with Crippen molar-refractivity contribution in [2.24, 2.45) is 0 Å². The second kappa shape index (κ2) is 5.74. The topological polar surface area (TPSA) is 77.1 Å². The standard InChI is InChI=1S/C14H13F2N3O2/c1-2-19-7-8(3-4-13(19)20)18-14(21)9-5-10(15)11(16)6-12(9)17/h3-7H,2,17H2,1H3,(H,18,21). The number of pyridine rings is 1. The average molecular weight is 293 g/mol. The van der Waals surface area contributed by atoms with Gasteiger partial charge in [-0.2, -0.15) is 0 Å². The maximum Gasteiger partial charge on any atom is 0.257 e. The molecule has 0 saturated heterocycles. The van der Waals surface area contributed by atoms with Crippen LogP contribution in [0.2, 0.25) is 0 Å². The molecule has 2 rings (SSSR count). The number of anilines is 2. The van der Waals surface area contributed by atoms with Crippen molar-refractivity contribution in [1.29, 1.82) is 0 Å². The van der Waals surface area contributed by atoms with Gasteiger partial charge in [-0.25, -0.2) is 8.78 Å². The van der Waals surface area contributed by atoms with Gasteiger partial charge in [0.05, 0.1) is 11.3 Å². The predicted molar refractivity (Wildman–Crippen MR) is 75.1 cm³/mol. The number of hydrogen-bond donors (Lipinski definition) is 2. The molecule has 1 amide bonds. The van der Waals surface area contributed by atoms with Crippen LogP contribution in [0, 0.1) is 11.6 Å². The smallest absolute Gasteiger partial charge is 0.257 e. The first kappa shape index (κ1) is 14.7. The van der Waals surface area contributed by atoms with E-state index >= 15 is 0 Å². The molecule has 0 bridgehead atoms. The van der Waals surface area contributed by atoms with Crippen molar-refractivity contribution < 1.29 is 13.6 Å². The third-order valence-corrected chi connectivity index (χ3v) is 2.92. The molecular weight excluding hydrogens is 280 g/mol. The summed E-state index contributed by atoms with van der Waals surface area (Å²) >= 11 is 0. The van der Waals surface area contributed by atoms with Crippen molar-refractivity contribution in [1.82, 2.24) is 4.57 Å². The number of nitrogens with two attached hydrogens (primary N) is 1. The van der Waals surface area contributed by atoms with Crippen LogP contribution in [0.25, 0.3) is 0 Å². The second-order valence-electron chi connectivity index (χ2n) is 4.35. The Bertz CT molecular complexity index is 756. The summed E-state index contributed by atoms with van der Waals surface area (Å²) in [5.74, 6) is -2.97. The highest BCUT2D eigenvalue weighted by molar-refractivity contribution is 6.07. The van der Waals surface area contributed by atoms with Crippen LogP contribution in [0.4, 0.5) is 20.2 Å². The van der Waals surface area contributed by atoms with Crippen molar-refractivity contribution in [3.63, 3.8) is 0 Å². The largest absolute Gasteiger partial charge is 0.398 e. The summed E-state index contributed by atoms with van der Waals surface area (Å²) in [6.45, 7) is 2.22. The maximum absolute atomic E-state index is 13.2. The Labute approximate surface area is 119 Å². The van der Waals surface area contributed by atoms with Gasteiger partial charge >= 0.3 is 0 Å². The number of nitrogen functional groups attached to an aromatic ring is 1. The van der Waals surface area contributed by atoms with Crippen LogP contribution in [0.1, 0.15) is 17.3 Å². The minimum absolute atomic E-state index is 0.171. The number of aromatic nitrogens is 1. The second-order valence-corrected chi connectivity index (χ2v) is 4.35. The van der Waals surface area contributed by atoms with E-state index in [9.17, 15) is 18.4 Å². The maximum atomic E-state index is 13.2. The van der Waals surface area contributed by atoms with Crippen LogP contribution in [-0.4, -0.2) is 10.5 Å². The molecule has 2 aromatic rings. The molecule has 0 aliphatic heterocycles. The number of benzene rings is 1. The van der Waals surface area contributed by atoms with Gasteiger partial charge in [0.15, 0.2) is 11.6 Å². The highest BCUT2D eigenvalue weighted by Gasteiger charge is 2.14. The van der Waals surface area contributed by atoms with E-state index in [1.54, 1.807) is 6.92 Å². The Balaban J connectivity index is 2.30. The minimum atomic E-state index is -1.16. The van der Waals surface area contributed by atoms with Crippen LogP contribution < -0.4 is 16.6 Å². The number of nitrogens with zero attached hydrogens (tertiary/aromatic N) is 1. The quantitative estimate of drug-likeness (QED) is 0.849. The fourth-order valence-corrected chi connectivity index (χ4v) is 1.81. The molecule has 21 heavy (non-hydrogen) atoms. The van der Waals surface area contributed by atoms with Crippen LogP contribution in [0.3, 0.4) is 0 Å². The van der Waals surface area contributed by atoms with Crippen molar-refractivity contribution in [3.8, 4) is 0 Å². The van der Waals surface area contributed by atoms with E-state index in [2.05, 4.69) is 5.32 Å². The molecule has 0 aliphatic rings. The Morgan fingerprint density at radius 2 is 1.95 bits per heavy atom. The highest BCUT2D eigenvalue weighted by Crippen LogP contribution is 2.18. The van der Waals surface area contributed by atoms with Crippen LogP contribution in [0.5, 0.6) is 0 Å². The molecule has 5 nitrogen and oxygen atoms in total. The fraction of sp³-hybridized carbons (Fsp3) is 0.143. The van der Waals surface area contributed by atoms with E-state index in [0.717, 1.165) is 12.1 Å². The summed E-state index contributed by atoms with van der Waals surface area (Å²) in [6.07, 6.45) is 1.45. The lowest BCUT2D eigenvalue weighted by Crippen LogP contribution is -2.20. The summed E-state index contributed by atoms with van der Waals surface area (Å²) in [7, 11) is 0. The van der Waals surface area contributed by atoms with E-state index in [1.165, 1.54) is 22.9 Å². The molecule has 0 unspecified atom stereocenters. The van der Waals surface area contributed by atoms with Gasteiger partial charge < -0.3 is 15.6 Å². The summed E-state index contributed by atoms with van der Waals surface area (Å²) in [4.78, 5) is 23.4. The molecule has 1 heterocycles. The van der Waals surface area contributed by atoms with Crippen molar-refractivity contribution in [2.75, 3.05) is 11.1 Å². The number of amides is 1. The zero-order chi connectivity index (χ0) is 15.6. The first-order valence-corrected chi connectivity index (χ1v) is 6.18. The third kappa shape index (κ3) is 3.07. The van der Waals surface area contributed by atoms with Crippen molar-refractivity contribution in [3.05, 3.63) is 58.0 Å². The van der Waals surface area contributed by atoms with Crippen LogP contribution in [0.15, 0.2) is 35.3 Å². The number of halogens is 2. The molecule has 0 saturated carbocycles. The van der Waals surface area contributed by atoms with Gasteiger partial charge in [0.25, 0.3) is 11.5 Å². The number of carbonyl (C=O) groups is 1. The number of hydrogen-bond acceptors (Lipinski definition) is 3. The Morgan fingerprint density at radius 1 is 1.29 bits per heavy atom. The number of rotatable bonds is 3. The zero-order valence-electron chi connectivity index (χ0n) is 11.2. The Morgan fingerprint density at radius 3 is 2.62 bits per heavy atom. The molecule has 3 N–H and O–H groups in total. The normalized spacial score (nSPS) is 10.4. The molecule has 1 aromatic heterocycles. The van der Waals surface area contributed by atoms with E-state index in [-0.39, 0.29) is 16.8 Å². The van der Waals surface area contributed by atoms with Gasteiger partial charge in [0, 0.05) is 30.6 Å². The third-order valence-electron chi connectivity index (χ3n) is 2.92. The van der Waals surface area contributed by atoms with E-state index in [0.29, 0.717) is 12.2 Å². The summed E-state index contributed by atoms with van der Waals surface area (Å²) in [5.41, 5.74) is 5.30. The lowest BCUT2D eigenvalue weighted by atomic mass is 10.1. The monoisotopic (exact) mass is 293 g/mol. The van der Waals surface area contributed by atoms with Gasteiger partial charge in [0.2, 0.25) is 0 Å². The van der Waals surface area contributed by atoms with Gasteiger partial charge in [-0.3, -0.25) is 9.59 Å². The van der Waals surface area contributed by atoms with Gasteiger partial charge in [0.1, 0.15) is 0 Å². The van der Waals surface area contributed by atoms with E-state index in [1.807, 2.05) is 0 Å². The molecule has 0 atom stereocenters.